The summed E-state index contributed by atoms with van der Waals surface area (Å²) in [6, 6.07) is 1.84. The topological polar surface area (TPSA) is 59.8 Å². The van der Waals surface area contributed by atoms with E-state index in [9.17, 15) is 9.59 Å². The lowest BCUT2D eigenvalue weighted by Gasteiger charge is -2.11. The van der Waals surface area contributed by atoms with Crippen molar-refractivity contribution in [2.24, 2.45) is 0 Å². The fourth-order valence-corrected chi connectivity index (χ4v) is 2.46. The second-order valence-corrected chi connectivity index (χ2v) is 5.31. The summed E-state index contributed by atoms with van der Waals surface area (Å²) in [6.45, 7) is 7.21. The zero-order chi connectivity index (χ0) is 14.7. The van der Waals surface area contributed by atoms with Crippen molar-refractivity contribution in [2.45, 2.75) is 59.5 Å². The number of fused-ring (bicyclic) bond motifs is 1. The highest BCUT2D eigenvalue weighted by Gasteiger charge is 2.14. The molecule has 0 spiro atoms. The monoisotopic (exact) mass is 277 g/mol. The minimum absolute atomic E-state index is 0.171. The van der Waals surface area contributed by atoms with Crippen molar-refractivity contribution in [1.82, 2.24) is 14.1 Å². The highest BCUT2D eigenvalue weighted by Crippen LogP contribution is 2.10. The Labute approximate surface area is 118 Å². The molecular weight excluding hydrogens is 254 g/mol. The quantitative estimate of drug-likeness (QED) is 0.881. The van der Waals surface area contributed by atoms with E-state index in [1.54, 1.807) is 4.57 Å². The molecule has 2 rings (SSSR count). The SMILES string of the molecule is CCCCn1c(=O)c2cc(C)[nH]c2n(CCCC)c1=O. The fourth-order valence-electron chi connectivity index (χ4n) is 2.46. The van der Waals surface area contributed by atoms with Crippen LogP contribution in [0.4, 0.5) is 0 Å². The molecule has 1 N–H and O–H groups in total. The summed E-state index contributed by atoms with van der Waals surface area (Å²) in [5.41, 5.74) is 1.22. The van der Waals surface area contributed by atoms with Gasteiger partial charge in [0.25, 0.3) is 5.56 Å². The van der Waals surface area contributed by atoms with E-state index in [0.29, 0.717) is 24.1 Å². The van der Waals surface area contributed by atoms with Gasteiger partial charge < -0.3 is 4.98 Å². The molecule has 2 aromatic rings. The van der Waals surface area contributed by atoms with Crippen LogP contribution in [-0.4, -0.2) is 14.1 Å². The Kier molecular flexibility index (Phi) is 4.47. The number of H-pyrrole nitrogens is 1. The van der Waals surface area contributed by atoms with Crippen LogP contribution in [0.25, 0.3) is 11.0 Å². The largest absolute Gasteiger partial charge is 0.345 e. The number of hydrogen-bond donors (Lipinski definition) is 1. The standard InChI is InChI=1S/C15H23N3O2/c1-4-6-8-17-13-12(10-11(3)16-13)14(19)18(15(17)20)9-7-5-2/h10,16H,4-9H2,1-3H3. The zero-order valence-corrected chi connectivity index (χ0v) is 12.5. The van der Waals surface area contributed by atoms with Crippen LogP contribution in [0.1, 0.15) is 45.2 Å². The Balaban J connectivity index is 2.67. The summed E-state index contributed by atoms with van der Waals surface area (Å²) >= 11 is 0. The second-order valence-electron chi connectivity index (χ2n) is 5.31. The molecule has 0 atom stereocenters. The number of aromatic amines is 1. The van der Waals surface area contributed by atoms with Gasteiger partial charge in [-0.3, -0.25) is 13.9 Å². The van der Waals surface area contributed by atoms with Crippen molar-refractivity contribution >= 4 is 11.0 Å². The highest BCUT2D eigenvalue weighted by molar-refractivity contribution is 5.75. The van der Waals surface area contributed by atoms with Crippen LogP contribution in [0.15, 0.2) is 15.7 Å². The second kappa shape index (κ2) is 6.11. The smallest absolute Gasteiger partial charge is 0.332 e. The third-order valence-electron chi connectivity index (χ3n) is 3.61. The summed E-state index contributed by atoms with van der Waals surface area (Å²) in [5, 5.41) is 0.620. The number of nitrogens with zero attached hydrogens (tertiary/aromatic N) is 2. The first-order valence-electron chi connectivity index (χ1n) is 7.43. The van der Waals surface area contributed by atoms with Crippen molar-refractivity contribution in [2.75, 3.05) is 0 Å². The molecule has 0 aromatic carbocycles. The Morgan fingerprint density at radius 3 is 2.25 bits per heavy atom. The lowest BCUT2D eigenvalue weighted by molar-refractivity contribution is 0.530. The summed E-state index contributed by atoms with van der Waals surface area (Å²) in [6.07, 6.45) is 3.75. The van der Waals surface area contributed by atoms with Gasteiger partial charge in [-0.2, -0.15) is 0 Å². The molecule has 0 bridgehead atoms. The van der Waals surface area contributed by atoms with Crippen LogP contribution in [-0.2, 0) is 13.1 Å². The molecule has 0 radical (unpaired) electrons. The van der Waals surface area contributed by atoms with Crippen LogP contribution in [0.2, 0.25) is 0 Å². The lowest BCUT2D eigenvalue weighted by Crippen LogP contribution is -2.40. The van der Waals surface area contributed by atoms with Gasteiger partial charge in [0.1, 0.15) is 5.65 Å². The fraction of sp³-hybridized carbons (Fsp3) is 0.600. The third kappa shape index (κ3) is 2.57. The molecule has 20 heavy (non-hydrogen) atoms. The summed E-state index contributed by atoms with van der Waals surface area (Å²) < 4.78 is 3.09. The number of unbranched alkanes of at least 4 members (excludes halogenated alkanes) is 2. The molecule has 0 aliphatic heterocycles. The van der Waals surface area contributed by atoms with Gasteiger partial charge in [0, 0.05) is 18.8 Å². The summed E-state index contributed by atoms with van der Waals surface area (Å²) in [7, 11) is 0. The van der Waals surface area contributed by atoms with Crippen molar-refractivity contribution in [1.29, 1.82) is 0 Å². The van der Waals surface area contributed by atoms with Gasteiger partial charge in [0.2, 0.25) is 0 Å². The molecule has 110 valence electrons. The van der Waals surface area contributed by atoms with E-state index in [2.05, 4.69) is 18.8 Å². The maximum absolute atomic E-state index is 12.5. The van der Waals surface area contributed by atoms with E-state index in [1.165, 1.54) is 4.57 Å². The number of rotatable bonds is 6. The molecule has 2 aromatic heterocycles. The molecule has 0 aliphatic rings. The average molecular weight is 277 g/mol. The molecule has 0 unspecified atom stereocenters. The van der Waals surface area contributed by atoms with Crippen LogP contribution < -0.4 is 11.2 Å². The van der Waals surface area contributed by atoms with Gasteiger partial charge in [0.05, 0.1) is 5.39 Å². The molecule has 5 heteroatoms. The predicted molar refractivity (Wildman–Crippen MR) is 81.4 cm³/mol. The lowest BCUT2D eigenvalue weighted by atomic mass is 10.3. The summed E-state index contributed by atoms with van der Waals surface area (Å²) in [5.74, 6) is 0. The van der Waals surface area contributed by atoms with E-state index >= 15 is 0 Å². The maximum Gasteiger partial charge on any atom is 0.332 e. The van der Waals surface area contributed by atoms with Crippen LogP contribution in [0.5, 0.6) is 0 Å². The van der Waals surface area contributed by atoms with Gasteiger partial charge in [-0.15, -0.1) is 0 Å². The average Bonchev–Trinajstić information content (AvgIpc) is 2.81. The first-order chi connectivity index (χ1) is 9.60. The van der Waals surface area contributed by atoms with Crippen LogP contribution in [0.3, 0.4) is 0 Å². The van der Waals surface area contributed by atoms with Crippen molar-refractivity contribution < 1.29 is 0 Å². The third-order valence-corrected chi connectivity index (χ3v) is 3.61. The van der Waals surface area contributed by atoms with E-state index in [0.717, 1.165) is 31.4 Å². The van der Waals surface area contributed by atoms with Gasteiger partial charge >= 0.3 is 5.69 Å². The van der Waals surface area contributed by atoms with E-state index in [-0.39, 0.29) is 11.2 Å². The normalized spacial score (nSPS) is 11.3. The minimum Gasteiger partial charge on any atom is -0.345 e. The van der Waals surface area contributed by atoms with Crippen LogP contribution >= 0.6 is 0 Å². The van der Waals surface area contributed by atoms with Crippen molar-refractivity contribution in [3.8, 4) is 0 Å². The molecular formula is C15H23N3O2. The van der Waals surface area contributed by atoms with Gasteiger partial charge in [-0.1, -0.05) is 26.7 Å². The highest BCUT2D eigenvalue weighted by atomic mass is 16.2. The number of hydrogen-bond acceptors (Lipinski definition) is 2. The maximum atomic E-state index is 12.5. The Bertz CT molecular complexity index is 706. The van der Waals surface area contributed by atoms with Gasteiger partial charge in [-0.05, 0) is 25.8 Å². The summed E-state index contributed by atoms with van der Waals surface area (Å²) in [4.78, 5) is 28.1. The van der Waals surface area contributed by atoms with Crippen LogP contribution in [0, 0.1) is 6.92 Å². The number of aryl methyl sites for hydroxylation is 2. The predicted octanol–water partition coefficient (Wildman–Crippen LogP) is 2.40. The molecule has 0 fully saturated rings. The molecule has 0 saturated carbocycles. The Morgan fingerprint density at radius 1 is 1.05 bits per heavy atom. The molecule has 0 aliphatic carbocycles. The number of aromatic nitrogens is 3. The number of nitrogens with one attached hydrogen (secondary N) is 1. The molecule has 5 nitrogen and oxygen atoms in total. The molecule has 2 heterocycles. The molecule has 0 amide bonds. The molecule has 0 saturated heterocycles. The first kappa shape index (κ1) is 14.6. The van der Waals surface area contributed by atoms with Gasteiger partial charge in [-0.25, -0.2) is 4.79 Å². The van der Waals surface area contributed by atoms with Gasteiger partial charge in [0.15, 0.2) is 0 Å². The minimum atomic E-state index is -0.189. The Morgan fingerprint density at radius 2 is 1.65 bits per heavy atom. The first-order valence-corrected chi connectivity index (χ1v) is 7.43. The van der Waals surface area contributed by atoms with Crippen molar-refractivity contribution in [3.05, 3.63) is 32.6 Å². The van der Waals surface area contributed by atoms with E-state index in [4.69, 9.17) is 0 Å². The van der Waals surface area contributed by atoms with E-state index < -0.39 is 0 Å². The van der Waals surface area contributed by atoms with E-state index in [1.807, 2.05) is 13.0 Å². The zero-order valence-electron chi connectivity index (χ0n) is 12.5. The Hall–Kier alpha value is -1.78. The van der Waals surface area contributed by atoms with Crippen molar-refractivity contribution in [3.63, 3.8) is 0 Å².